The number of methoxy groups -OCH3 is 2. The summed E-state index contributed by atoms with van der Waals surface area (Å²) in [5, 5.41) is 13.6. The molecule has 0 aliphatic heterocycles. The van der Waals surface area contributed by atoms with Crippen LogP contribution < -0.4 is 14.8 Å². The van der Waals surface area contributed by atoms with Gasteiger partial charge >= 0.3 is 0 Å². The molecule has 23 heavy (non-hydrogen) atoms. The summed E-state index contributed by atoms with van der Waals surface area (Å²) in [6.45, 7) is 4.58. The summed E-state index contributed by atoms with van der Waals surface area (Å²) in [5.74, 6) is 1.42. The lowest BCUT2D eigenvalue weighted by Gasteiger charge is -2.19. The maximum atomic E-state index is 10.3. The van der Waals surface area contributed by atoms with E-state index < -0.39 is 6.10 Å². The van der Waals surface area contributed by atoms with Crippen molar-refractivity contribution in [2.75, 3.05) is 20.8 Å². The van der Waals surface area contributed by atoms with Crippen molar-refractivity contribution in [3.63, 3.8) is 0 Å². The number of nitrogens with one attached hydrogen (secondary N) is 1. The third-order valence-corrected chi connectivity index (χ3v) is 3.99. The molecule has 0 fully saturated rings. The van der Waals surface area contributed by atoms with Crippen molar-refractivity contribution in [2.45, 2.75) is 26.0 Å². The van der Waals surface area contributed by atoms with Gasteiger partial charge in [-0.2, -0.15) is 0 Å². The predicted octanol–water partition coefficient (Wildman–Crippen LogP) is 3.40. The number of ether oxygens (including phenoxy) is 2. The van der Waals surface area contributed by atoms with E-state index in [0.717, 1.165) is 11.1 Å². The topological polar surface area (TPSA) is 50.7 Å². The third-order valence-electron chi connectivity index (χ3n) is 3.99. The van der Waals surface area contributed by atoms with E-state index >= 15 is 0 Å². The van der Waals surface area contributed by atoms with Crippen LogP contribution in [0.25, 0.3) is 0 Å². The first-order valence-corrected chi connectivity index (χ1v) is 7.75. The molecule has 0 bridgehead atoms. The molecule has 2 N–H and O–H groups in total. The van der Waals surface area contributed by atoms with E-state index in [1.165, 1.54) is 5.56 Å². The zero-order valence-electron chi connectivity index (χ0n) is 14.2. The van der Waals surface area contributed by atoms with Gasteiger partial charge in [0.05, 0.1) is 20.3 Å². The first-order valence-electron chi connectivity index (χ1n) is 7.75. The SMILES string of the molecule is COc1ccc(C(C)NCC(O)c2ccc(C)cc2)cc1OC. The van der Waals surface area contributed by atoms with Crippen LogP contribution >= 0.6 is 0 Å². The van der Waals surface area contributed by atoms with E-state index in [-0.39, 0.29) is 6.04 Å². The molecule has 124 valence electrons. The third kappa shape index (κ3) is 4.47. The Morgan fingerprint density at radius 3 is 2.17 bits per heavy atom. The second-order valence-electron chi connectivity index (χ2n) is 5.67. The van der Waals surface area contributed by atoms with Crippen LogP contribution in [0.15, 0.2) is 42.5 Å². The minimum atomic E-state index is -0.529. The van der Waals surface area contributed by atoms with Crippen LogP contribution in [0.5, 0.6) is 11.5 Å². The molecule has 0 aromatic heterocycles. The number of aryl methyl sites for hydroxylation is 1. The maximum Gasteiger partial charge on any atom is 0.161 e. The second kappa shape index (κ2) is 7.99. The van der Waals surface area contributed by atoms with Crippen LogP contribution in [0.4, 0.5) is 0 Å². The Bertz CT molecular complexity index is 625. The molecule has 0 amide bonds. The first kappa shape index (κ1) is 17.3. The Morgan fingerprint density at radius 1 is 0.957 bits per heavy atom. The lowest BCUT2D eigenvalue weighted by molar-refractivity contribution is 0.171. The Balaban J connectivity index is 1.98. The molecule has 0 aliphatic carbocycles. The van der Waals surface area contributed by atoms with Crippen molar-refractivity contribution >= 4 is 0 Å². The minimum absolute atomic E-state index is 0.0925. The summed E-state index contributed by atoms with van der Waals surface area (Å²) < 4.78 is 10.6. The summed E-state index contributed by atoms with van der Waals surface area (Å²) in [5.41, 5.74) is 3.19. The molecule has 2 unspecified atom stereocenters. The van der Waals surface area contributed by atoms with Crippen molar-refractivity contribution in [3.05, 3.63) is 59.2 Å². The van der Waals surface area contributed by atoms with Crippen LogP contribution in [0, 0.1) is 6.92 Å². The van der Waals surface area contributed by atoms with Crippen LogP contribution in [0.3, 0.4) is 0 Å². The van der Waals surface area contributed by atoms with Crippen molar-refractivity contribution < 1.29 is 14.6 Å². The van der Waals surface area contributed by atoms with Crippen molar-refractivity contribution in [2.24, 2.45) is 0 Å². The zero-order chi connectivity index (χ0) is 16.8. The number of aliphatic hydroxyl groups excluding tert-OH is 1. The number of benzene rings is 2. The normalized spacial score (nSPS) is 13.4. The zero-order valence-corrected chi connectivity index (χ0v) is 14.2. The van der Waals surface area contributed by atoms with Gasteiger partial charge in [-0.15, -0.1) is 0 Å². The van der Waals surface area contributed by atoms with Gasteiger partial charge in [0.2, 0.25) is 0 Å². The fourth-order valence-electron chi connectivity index (χ4n) is 2.43. The Labute approximate surface area is 138 Å². The van der Waals surface area contributed by atoms with Gasteiger partial charge in [-0.1, -0.05) is 35.9 Å². The molecule has 2 rings (SSSR count). The summed E-state index contributed by atoms with van der Waals surface area (Å²) in [6.07, 6.45) is -0.529. The first-order chi connectivity index (χ1) is 11.0. The van der Waals surface area contributed by atoms with Crippen molar-refractivity contribution in [1.82, 2.24) is 5.32 Å². The second-order valence-corrected chi connectivity index (χ2v) is 5.67. The van der Waals surface area contributed by atoms with Crippen LogP contribution in [-0.4, -0.2) is 25.9 Å². The molecule has 0 heterocycles. The number of hydrogen-bond acceptors (Lipinski definition) is 4. The molecule has 4 nitrogen and oxygen atoms in total. The van der Waals surface area contributed by atoms with E-state index in [2.05, 4.69) is 12.2 Å². The van der Waals surface area contributed by atoms with E-state index in [4.69, 9.17) is 9.47 Å². The molecule has 0 spiro atoms. The molecule has 2 aromatic carbocycles. The smallest absolute Gasteiger partial charge is 0.161 e. The summed E-state index contributed by atoms with van der Waals surface area (Å²) in [6, 6.07) is 13.9. The number of aliphatic hydroxyl groups is 1. The van der Waals surface area contributed by atoms with E-state index in [1.807, 2.05) is 49.4 Å². The van der Waals surface area contributed by atoms with Crippen LogP contribution in [0.2, 0.25) is 0 Å². The highest BCUT2D eigenvalue weighted by atomic mass is 16.5. The number of hydrogen-bond donors (Lipinski definition) is 2. The fraction of sp³-hybridized carbons (Fsp3) is 0.368. The lowest BCUT2D eigenvalue weighted by atomic mass is 10.1. The Hall–Kier alpha value is -2.04. The molecule has 2 atom stereocenters. The summed E-state index contributed by atoms with van der Waals surface area (Å²) >= 11 is 0. The number of rotatable bonds is 7. The highest BCUT2D eigenvalue weighted by Gasteiger charge is 2.13. The summed E-state index contributed by atoms with van der Waals surface area (Å²) in [4.78, 5) is 0. The van der Waals surface area contributed by atoms with Gasteiger partial charge in [0.1, 0.15) is 0 Å². The monoisotopic (exact) mass is 315 g/mol. The van der Waals surface area contributed by atoms with Crippen LogP contribution in [-0.2, 0) is 0 Å². The predicted molar refractivity (Wildman–Crippen MR) is 92.1 cm³/mol. The standard InChI is InChI=1S/C19H25NO3/c1-13-5-7-15(8-6-13)17(21)12-20-14(2)16-9-10-18(22-3)19(11-16)23-4/h5-11,14,17,20-21H,12H2,1-4H3. The molecule has 4 heteroatoms. The van der Waals surface area contributed by atoms with Gasteiger partial charge in [-0.05, 0) is 37.1 Å². The molecular weight excluding hydrogens is 290 g/mol. The van der Waals surface area contributed by atoms with Crippen molar-refractivity contribution in [3.8, 4) is 11.5 Å². The van der Waals surface area contributed by atoms with Crippen LogP contribution in [0.1, 0.15) is 35.8 Å². The molecule has 0 aliphatic rings. The average molecular weight is 315 g/mol. The van der Waals surface area contributed by atoms with Gasteiger partial charge in [0.15, 0.2) is 11.5 Å². The molecule has 2 aromatic rings. The van der Waals surface area contributed by atoms with Crippen molar-refractivity contribution in [1.29, 1.82) is 0 Å². The minimum Gasteiger partial charge on any atom is -0.493 e. The summed E-state index contributed by atoms with van der Waals surface area (Å²) in [7, 11) is 3.25. The maximum absolute atomic E-state index is 10.3. The van der Waals surface area contributed by atoms with Gasteiger partial charge in [-0.3, -0.25) is 0 Å². The molecular formula is C19H25NO3. The van der Waals surface area contributed by atoms with E-state index in [0.29, 0.717) is 18.0 Å². The Morgan fingerprint density at radius 2 is 1.57 bits per heavy atom. The van der Waals surface area contributed by atoms with Gasteiger partial charge < -0.3 is 19.9 Å². The highest BCUT2D eigenvalue weighted by Crippen LogP contribution is 2.30. The van der Waals surface area contributed by atoms with Gasteiger partial charge in [0, 0.05) is 12.6 Å². The lowest BCUT2D eigenvalue weighted by Crippen LogP contribution is -2.24. The van der Waals surface area contributed by atoms with E-state index in [9.17, 15) is 5.11 Å². The molecule has 0 saturated heterocycles. The quantitative estimate of drug-likeness (QED) is 0.822. The molecule has 0 radical (unpaired) electrons. The molecule has 0 saturated carbocycles. The van der Waals surface area contributed by atoms with Gasteiger partial charge in [-0.25, -0.2) is 0 Å². The fourth-order valence-corrected chi connectivity index (χ4v) is 2.43. The average Bonchev–Trinajstić information content (AvgIpc) is 2.59. The van der Waals surface area contributed by atoms with Gasteiger partial charge in [0.25, 0.3) is 0 Å². The van der Waals surface area contributed by atoms with E-state index in [1.54, 1.807) is 14.2 Å². The highest BCUT2D eigenvalue weighted by molar-refractivity contribution is 5.43. The Kier molecular flexibility index (Phi) is 6.02. The largest absolute Gasteiger partial charge is 0.493 e.